The normalized spacial score (nSPS) is 16.4. The van der Waals surface area contributed by atoms with Crippen LogP contribution in [0.15, 0.2) is 18.2 Å². The van der Waals surface area contributed by atoms with Gasteiger partial charge in [0.2, 0.25) is 0 Å². The molecule has 0 spiro atoms. The standard InChI is InChI=1S/C21H23ClN2O2S/c1-21(2,3)13-6-7-14-15(11-23)20(27-18(14)10-13)24-19(25)12-5-8-17(26-4)16(22)9-12/h5,8-9,13H,6-7,10H2,1-4H3,(H,24,25)/t13-/m0/s1. The van der Waals surface area contributed by atoms with Crippen molar-refractivity contribution in [2.45, 2.75) is 40.0 Å². The van der Waals surface area contributed by atoms with Crippen LogP contribution >= 0.6 is 22.9 Å². The number of anilines is 1. The molecule has 0 unspecified atom stereocenters. The lowest BCUT2D eigenvalue weighted by molar-refractivity contribution is 0.102. The molecular formula is C21H23ClN2O2S. The first-order valence-electron chi connectivity index (χ1n) is 8.94. The van der Waals surface area contributed by atoms with Crippen molar-refractivity contribution in [3.05, 3.63) is 44.8 Å². The molecule has 2 aromatic rings. The van der Waals surface area contributed by atoms with Crippen LogP contribution in [0.2, 0.25) is 5.02 Å². The number of hydrogen-bond donors (Lipinski definition) is 1. The number of nitriles is 1. The van der Waals surface area contributed by atoms with Crippen molar-refractivity contribution in [2.75, 3.05) is 12.4 Å². The van der Waals surface area contributed by atoms with Crippen LogP contribution in [0.25, 0.3) is 0 Å². The second-order valence-electron chi connectivity index (χ2n) is 7.93. The van der Waals surface area contributed by atoms with E-state index >= 15 is 0 Å². The van der Waals surface area contributed by atoms with Crippen LogP contribution < -0.4 is 10.1 Å². The van der Waals surface area contributed by atoms with Crippen molar-refractivity contribution in [3.63, 3.8) is 0 Å². The maximum atomic E-state index is 12.7. The van der Waals surface area contributed by atoms with Crippen molar-refractivity contribution < 1.29 is 9.53 Å². The zero-order chi connectivity index (χ0) is 19.8. The van der Waals surface area contributed by atoms with Crippen LogP contribution in [-0.4, -0.2) is 13.0 Å². The van der Waals surface area contributed by atoms with Gasteiger partial charge in [0.05, 0.1) is 17.7 Å². The first kappa shape index (κ1) is 19.7. The lowest BCUT2D eigenvalue weighted by Gasteiger charge is -2.33. The molecule has 0 aliphatic heterocycles. The van der Waals surface area contributed by atoms with E-state index in [1.54, 1.807) is 18.2 Å². The summed E-state index contributed by atoms with van der Waals surface area (Å²) in [6.45, 7) is 6.78. The summed E-state index contributed by atoms with van der Waals surface area (Å²) in [4.78, 5) is 13.9. The lowest BCUT2D eigenvalue weighted by Crippen LogP contribution is -2.26. The van der Waals surface area contributed by atoms with Crippen LogP contribution in [0.5, 0.6) is 5.75 Å². The number of halogens is 1. The maximum absolute atomic E-state index is 12.7. The van der Waals surface area contributed by atoms with E-state index < -0.39 is 0 Å². The molecule has 1 heterocycles. The van der Waals surface area contributed by atoms with Gasteiger partial charge < -0.3 is 10.1 Å². The fourth-order valence-corrected chi connectivity index (χ4v) is 5.04. The monoisotopic (exact) mass is 402 g/mol. The van der Waals surface area contributed by atoms with Gasteiger partial charge in [-0.1, -0.05) is 32.4 Å². The number of carbonyl (C=O) groups excluding carboxylic acids is 1. The summed E-state index contributed by atoms with van der Waals surface area (Å²) in [6, 6.07) is 7.19. The summed E-state index contributed by atoms with van der Waals surface area (Å²) >= 11 is 7.65. The summed E-state index contributed by atoms with van der Waals surface area (Å²) in [6.07, 6.45) is 2.92. The summed E-state index contributed by atoms with van der Waals surface area (Å²) in [5.41, 5.74) is 2.38. The van der Waals surface area contributed by atoms with Gasteiger partial charge >= 0.3 is 0 Å². The van der Waals surface area contributed by atoms with Crippen LogP contribution in [0.4, 0.5) is 5.00 Å². The van der Waals surface area contributed by atoms with E-state index in [0.29, 0.717) is 32.8 Å². The van der Waals surface area contributed by atoms with Gasteiger partial charge in [0.1, 0.15) is 16.8 Å². The third kappa shape index (κ3) is 3.97. The predicted octanol–water partition coefficient (Wildman–Crippen LogP) is 5.69. The Morgan fingerprint density at radius 3 is 2.74 bits per heavy atom. The average Bonchev–Trinajstić information content (AvgIpc) is 2.96. The molecule has 1 aliphatic carbocycles. The second-order valence-corrected chi connectivity index (χ2v) is 9.44. The van der Waals surface area contributed by atoms with E-state index in [4.69, 9.17) is 16.3 Å². The summed E-state index contributed by atoms with van der Waals surface area (Å²) in [7, 11) is 1.53. The largest absolute Gasteiger partial charge is 0.495 e. The highest BCUT2D eigenvalue weighted by atomic mass is 35.5. The van der Waals surface area contributed by atoms with Gasteiger partial charge in [-0.2, -0.15) is 5.26 Å². The minimum atomic E-state index is -0.276. The van der Waals surface area contributed by atoms with E-state index in [1.807, 2.05) is 0 Å². The Bertz CT molecular complexity index is 921. The van der Waals surface area contributed by atoms with Gasteiger partial charge in [-0.25, -0.2) is 0 Å². The molecule has 27 heavy (non-hydrogen) atoms. The van der Waals surface area contributed by atoms with Gasteiger partial charge in [0, 0.05) is 10.4 Å². The van der Waals surface area contributed by atoms with E-state index in [1.165, 1.54) is 23.3 Å². The molecule has 0 bridgehead atoms. The average molecular weight is 403 g/mol. The molecule has 3 rings (SSSR count). The molecule has 142 valence electrons. The number of rotatable bonds is 3. The van der Waals surface area contributed by atoms with Crippen molar-refractivity contribution in [1.29, 1.82) is 5.26 Å². The summed E-state index contributed by atoms with van der Waals surface area (Å²) < 4.78 is 5.12. The Labute approximate surface area is 169 Å². The fraction of sp³-hybridized carbons (Fsp3) is 0.429. The SMILES string of the molecule is COc1ccc(C(=O)Nc2sc3c(c2C#N)CC[C@H](C(C)(C)C)C3)cc1Cl. The minimum absolute atomic E-state index is 0.234. The predicted molar refractivity (Wildman–Crippen MR) is 110 cm³/mol. The summed E-state index contributed by atoms with van der Waals surface area (Å²) in [5.74, 6) is 0.826. The molecule has 6 heteroatoms. The molecule has 4 nitrogen and oxygen atoms in total. The first-order valence-corrected chi connectivity index (χ1v) is 10.1. The van der Waals surface area contributed by atoms with E-state index in [-0.39, 0.29) is 11.3 Å². The number of nitrogens with zero attached hydrogens (tertiary/aromatic N) is 1. The van der Waals surface area contributed by atoms with E-state index in [2.05, 4.69) is 32.2 Å². The molecule has 1 aromatic carbocycles. The molecule has 0 fully saturated rings. The molecule has 1 aromatic heterocycles. The number of carbonyl (C=O) groups is 1. The van der Waals surface area contributed by atoms with Gasteiger partial charge in [0.25, 0.3) is 5.91 Å². The smallest absolute Gasteiger partial charge is 0.256 e. The van der Waals surface area contributed by atoms with Crippen LogP contribution in [0.1, 0.15) is 53.6 Å². The number of nitrogens with one attached hydrogen (secondary N) is 1. The van der Waals surface area contributed by atoms with Gasteiger partial charge in [-0.05, 0) is 54.4 Å². The quantitative estimate of drug-likeness (QED) is 0.717. The lowest BCUT2D eigenvalue weighted by atomic mass is 9.72. The number of benzene rings is 1. The number of ether oxygens (including phenoxy) is 1. The third-order valence-electron chi connectivity index (χ3n) is 5.24. The maximum Gasteiger partial charge on any atom is 0.256 e. The van der Waals surface area contributed by atoms with Gasteiger partial charge in [-0.3, -0.25) is 4.79 Å². The number of fused-ring (bicyclic) bond motifs is 1. The molecule has 0 saturated heterocycles. The Morgan fingerprint density at radius 1 is 1.41 bits per heavy atom. The Kier molecular flexibility index (Phi) is 5.50. The van der Waals surface area contributed by atoms with Crippen molar-refractivity contribution in [1.82, 2.24) is 0 Å². The molecule has 0 saturated carbocycles. The summed E-state index contributed by atoms with van der Waals surface area (Å²) in [5, 5.41) is 13.6. The Morgan fingerprint density at radius 2 is 2.15 bits per heavy atom. The second kappa shape index (κ2) is 7.53. The van der Waals surface area contributed by atoms with Crippen molar-refractivity contribution in [3.8, 4) is 11.8 Å². The first-order chi connectivity index (χ1) is 12.7. The molecule has 1 atom stereocenters. The highest BCUT2D eigenvalue weighted by molar-refractivity contribution is 7.16. The topological polar surface area (TPSA) is 62.1 Å². The van der Waals surface area contributed by atoms with Crippen molar-refractivity contribution >= 4 is 33.8 Å². The van der Waals surface area contributed by atoms with E-state index in [0.717, 1.165) is 24.8 Å². The third-order valence-corrected chi connectivity index (χ3v) is 6.71. The number of amides is 1. The van der Waals surface area contributed by atoms with Gasteiger partial charge in [-0.15, -0.1) is 11.3 Å². The van der Waals surface area contributed by atoms with Crippen molar-refractivity contribution in [2.24, 2.45) is 11.3 Å². The van der Waals surface area contributed by atoms with Crippen LogP contribution in [0, 0.1) is 22.7 Å². The zero-order valence-electron chi connectivity index (χ0n) is 16.0. The van der Waals surface area contributed by atoms with Crippen LogP contribution in [0.3, 0.4) is 0 Å². The molecule has 1 aliphatic rings. The molecule has 1 N–H and O–H groups in total. The Hall–Kier alpha value is -2.03. The molecular weight excluding hydrogens is 380 g/mol. The molecule has 1 amide bonds. The van der Waals surface area contributed by atoms with Crippen LogP contribution in [-0.2, 0) is 12.8 Å². The molecule has 0 radical (unpaired) electrons. The zero-order valence-corrected chi connectivity index (χ0v) is 17.6. The number of methoxy groups -OCH3 is 1. The Balaban J connectivity index is 1.86. The van der Waals surface area contributed by atoms with Gasteiger partial charge in [0.15, 0.2) is 0 Å². The minimum Gasteiger partial charge on any atom is -0.495 e. The highest BCUT2D eigenvalue weighted by Gasteiger charge is 2.32. The fourth-order valence-electron chi connectivity index (χ4n) is 3.51. The van der Waals surface area contributed by atoms with E-state index in [9.17, 15) is 10.1 Å². The number of hydrogen-bond acceptors (Lipinski definition) is 4. The highest BCUT2D eigenvalue weighted by Crippen LogP contribution is 2.44. The number of thiophene rings is 1.